The molecule has 0 aliphatic carbocycles. The van der Waals surface area contributed by atoms with Crippen molar-refractivity contribution in [3.63, 3.8) is 0 Å². The molecule has 4 heteroatoms. The third kappa shape index (κ3) is 3.71. The van der Waals surface area contributed by atoms with Gasteiger partial charge >= 0.3 is 0 Å². The van der Waals surface area contributed by atoms with E-state index >= 15 is 0 Å². The first kappa shape index (κ1) is 10.2. The van der Waals surface area contributed by atoms with E-state index in [1.165, 1.54) is 5.69 Å². The zero-order valence-electron chi connectivity index (χ0n) is 8.38. The number of nitrogens with one attached hydrogen (secondary N) is 1. The van der Waals surface area contributed by atoms with Gasteiger partial charge in [0, 0.05) is 44.6 Å². The molecule has 0 bridgehead atoms. The smallest absolute Gasteiger partial charge is 0.0919 e. The molecule has 1 N–H and O–H groups in total. The lowest BCUT2D eigenvalue weighted by atomic mass is 10.4. The summed E-state index contributed by atoms with van der Waals surface area (Å²) in [7, 11) is 4.02. The predicted molar refractivity (Wildman–Crippen MR) is 57.2 cm³/mol. The first-order chi connectivity index (χ1) is 6.80. The summed E-state index contributed by atoms with van der Waals surface area (Å²) < 4.78 is 0. The highest BCUT2D eigenvalue weighted by Gasteiger charge is 1.88. The minimum atomic E-state index is 1.19. The van der Waals surface area contributed by atoms with Crippen LogP contribution in [0.4, 0.5) is 5.69 Å². The number of anilines is 1. The van der Waals surface area contributed by atoms with Crippen LogP contribution in [-0.2, 0) is 0 Å². The Bertz CT molecular complexity index is 298. The van der Waals surface area contributed by atoms with Gasteiger partial charge in [-0.15, -0.1) is 0 Å². The minimum absolute atomic E-state index is 1.19. The molecule has 0 saturated heterocycles. The average molecular weight is 190 g/mol. The van der Waals surface area contributed by atoms with Gasteiger partial charge in [-0.2, -0.15) is 0 Å². The number of nitrogens with zero attached hydrogens (tertiary/aromatic N) is 3. The van der Waals surface area contributed by atoms with Crippen LogP contribution in [0.25, 0.3) is 0 Å². The van der Waals surface area contributed by atoms with Crippen molar-refractivity contribution < 1.29 is 0 Å². The molecule has 0 saturated carbocycles. The Morgan fingerprint density at radius 3 is 2.07 bits per heavy atom. The quantitative estimate of drug-likeness (QED) is 0.742. The molecule has 0 unspecified atom stereocenters. The molecule has 2 rings (SSSR count). The number of imidazole rings is 1. The summed E-state index contributed by atoms with van der Waals surface area (Å²) in [5.74, 6) is 0. The van der Waals surface area contributed by atoms with E-state index in [1.54, 1.807) is 31.1 Å². The van der Waals surface area contributed by atoms with Gasteiger partial charge in [0.25, 0.3) is 0 Å². The molecule has 4 nitrogen and oxygen atoms in total. The Morgan fingerprint density at radius 1 is 1.07 bits per heavy atom. The fourth-order valence-electron chi connectivity index (χ4n) is 0.857. The molecule has 2 aromatic rings. The second-order valence-electron chi connectivity index (χ2n) is 2.86. The van der Waals surface area contributed by atoms with Gasteiger partial charge in [0.15, 0.2) is 0 Å². The van der Waals surface area contributed by atoms with Crippen LogP contribution in [0.3, 0.4) is 0 Å². The summed E-state index contributed by atoms with van der Waals surface area (Å²) in [4.78, 5) is 12.4. The van der Waals surface area contributed by atoms with Crippen LogP contribution in [0.15, 0.2) is 43.2 Å². The Balaban J connectivity index is 0.000000165. The van der Waals surface area contributed by atoms with E-state index in [1.807, 2.05) is 31.1 Å². The van der Waals surface area contributed by atoms with Crippen molar-refractivity contribution in [1.82, 2.24) is 15.0 Å². The summed E-state index contributed by atoms with van der Waals surface area (Å²) in [6.45, 7) is 0. The van der Waals surface area contributed by atoms with Crippen LogP contribution in [0, 0.1) is 0 Å². The van der Waals surface area contributed by atoms with Crippen LogP contribution in [0.5, 0.6) is 0 Å². The molecule has 14 heavy (non-hydrogen) atoms. The summed E-state index contributed by atoms with van der Waals surface area (Å²) >= 11 is 0. The molecular weight excluding hydrogens is 176 g/mol. The van der Waals surface area contributed by atoms with Gasteiger partial charge < -0.3 is 9.88 Å². The van der Waals surface area contributed by atoms with Gasteiger partial charge in [0.2, 0.25) is 0 Å². The van der Waals surface area contributed by atoms with Gasteiger partial charge in [0.1, 0.15) is 0 Å². The van der Waals surface area contributed by atoms with Crippen LogP contribution in [0.2, 0.25) is 0 Å². The summed E-state index contributed by atoms with van der Waals surface area (Å²) in [5, 5.41) is 0. The fourth-order valence-corrected chi connectivity index (χ4v) is 0.857. The molecule has 0 aliphatic heterocycles. The fraction of sp³-hybridized carbons (Fsp3) is 0.200. The molecule has 0 amide bonds. The highest BCUT2D eigenvalue weighted by atomic mass is 15.1. The molecule has 0 spiro atoms. The van der Waals surface area contributed by atoms with E-state index in [0.29, 0.717) is 0 Å². The number of H-pyrrole nitrogens is 1. The monoisotopic (exact) mass is 190 g/mol. The molecule has 2 heterocycles. The maximum atomic E-state index is 3.90. The SMILES string of the molecule is CN(C)c1ccncc1.c1c[nH]cn1. The molecule has 0 fully saturated rings. The third-order valence-corrected chi connectivity index (χ3v) is 1.59. The maximum Gasteiger partial charge on any atom is 0.0919 e. The number of rotatable bonds is 1. The zero-order valence-corrected chi connectivity index (χ0v) is 8.38. The molecule has 2 aromatic heterocycles. The van der Waals surface area contributed by atoms with E-state index in [2.05, 4.69) is 15.0 Å². The molecule has 0 aliphatic rings. The Kier molecular flexibility index (Phi) is 4.20. The molecule has 74 valence electrons. The molecule has 0 atom stereocenters. The van der Waals surface area contributed by atoms with E-state index in [9.17, 15) is 0 Å². The van der Waals surface area contributed by atoms with E-state index in [4.69, 9.17) is 0 Å². The van der Waals surface area contributed by atoms with Crippen LogP contribution in [0.1, 0.15) is 0 Å². The van der Waals surface area contributed by atoms with Gasteiger partial charge in [-0.3, -0.25) is 4.98 Å². The maximum absolute atomic E-state index is 3.90. The second-order valence-corrected chi connectivity index (χ2v) is 2.86. The second kappa shape index (κ2) is 5.75. The van der Waals surface area contributed by atoms with E-state index in [-0.39, 0.29) is 0 Å². The third-order valence-electron chi connectivity index (χ3n) is 1.59. The van der Waals surface area contributed by atoms with Crippen molar-refractivity contribution in [3.8, 4) is 0 Å². The summed E-state index contributed by atoms with van der Waals surface area (Å²) in [6, 6.07) is 3.94. The van der Waals surface area contributed by atoms with Crippen LogP contribution in [-0.4, -0.2) is 29.0 Å². The van der Waals surface area contributed by atoms with Gasteiger partial charge in [-0.1, -0.05) is 0 Å². The molecule has 0 radical (unpaired) electrons. The van der Waals surface area contributed by atoms with Gasteiger partial charge in [-0.25, -0.2) is 4.98 Å². The lowest BCUT2D eigenvalue weighted by Crippen LogP contribution is -2.07. The first-order valence-electron chi connectivity index (χ1n) is 4.31. The van der Waals surface area contributed by atoms with Gasteiger partial charge in [0.05, 0.1) is 6.33 Å². The molecular formula is C10H14N4. The highest BCUT2D eigenvalue weighted by molar-refractivity contribution is 5.42. The zero-order chi connectivity index (χ0) is 10.2. The number of hydrogen-bond acceptors (Lipinski definition) is 3. The minimum Gasteiger partial charge on any atom is -0.378 e. The Labute approximate surface area is 83.6 Å². The number of hydrogen-bond donors (Lipinski definition) is 1. The van der Waals surface area contributed by atoms with Crippen molar-refractivity contribution in [2.24, 2.45) is 0 Å². The van der Waals surface area contributed by atoms with E-state index < -0.39 is 0 Å². The normalized spacial score (nSPS) is 8.71. The lowest BCUT2D eigenvalue weighted by molar-refractivity contribution is 1.12. The Morgan fingerprint density at radius 2 is 1.79 bits per heavy atom. The Hall–Kier alpha value is -1.84. The van der Waals surface area contributed by atoms with Crippen molar-refractivity contribution in [2.75, 3.05) is 19.0 Å². The summed E-state index contributed by atoms with van der Waals surface area (Å²) in [6.07, 6.45) is 8.66. The van der Waals surface area contributed by atoms with Crippen molar-refractivity contribution in [2.45, 2.75) is 0 Å². The average Bonchev–Trinajstić information content (AvgIpc) is 2.77. The van der Waals surface area contributed by atoms with Crippen LogP contribution >= 0.6 is 0 Å². The lowest BCUT2D eigenvalue weighted by Gasteiger charge is -2.10. The van der Waals surface area contributed by atoms with E-state index in [0.717, 1.165) is 0 Å². The van der Waals surface area contributed by atoms with Crippen molar-refractivity contribution in [3.05, 3.63) is 43.2 Å². The van der Waals surface area contributed by atoms with Crippen molar-refractivity contribution in [1.29, 1.82) is 0 Å². The number of aromatic amines is 1. The van der Waals surface area contributed by atoms with Crippen molar-refractivity contribution >= 4 is 5.69 Å². The van der Waals surface area contributed by atoms with Crippen LogP contribution < -0.4 is 4.90 Å². The highest BCUT2D eigenvalue weighted by Crippen LogP contribution is 2.05. The molecule has 0 aromatic carbocycles. The first-order valence-corrected chi connectivity index (χ1v) is 4.31. The van der Waals surface area contributed by atoms with Gasteiger partial charge in [-0.05, 0) is 12.1 Å². The summed E-state index contributed by atoms with van der Waals surface area (Å²) in [5.41, 5.74) is 1.19. The standard InChI is InChI=1S/C7H10N2.C3H4N2/c1-9(2)7-3-5-8-6-4-7;1-2-5-3-4-1/h3-6H,1-2H3;1-3H,(H,4,5). The largest absolute Gasteiger partial charge is 0.378 e. The number of aromatic nitrogens is 3. The topological polar surface area (TPSA) is 44.8 Å². The predicted octanol–water partition coefficient (Wildman–Crippen LogP) is 1.56. The number of pyridine rings is 1.